The van der Waals surface area contributed by atoms with Crippen LogP contribution in [0.5, 0.6) is 0 Å². The minimum atomic E-state index is -0.181. The highest BCUT2D eigenvalue weighted by atomic mass is 35.5. The normalized spacial score (nSPS) is 13.3. The number of aromatic nitrogens is 1. The van der Waals surface area contributed by atoms with E-state index in [-0.39, 0.29) is 24.3 Å². The molecule has 0 radical (unpaired) electrons. The zero-order chi connectivity index (χ0) is 17.4. The van der Waals surface area contributed by atoms with Crippen LogP contribution in [0.3, 0.4) is 0 Å². The third-order valence-electron chi connectivity index (χ3n) is 3.98. The van der Waals surface area contributed by atoms with E-state index < -0.39 is 0 Å². The largest absolute Gasteiger partial charge is 0.396 e. The van der Waals surface area contributed by atoms with Gasteiger partial charge in [0.15, 0.2) is 0 Å². The van der Waals surface area contributed by atoms with Gasteiger partial charge in [0.25, 0.3) is 0 Å². The zero-order valence-corrected chi connectivity index (χ0v) is 14.5. The lowest BCUT2D eigenvalue weighted by molar-refractivity contribution is -0.124. The second-order valence-electron chi connectivity index (χ2n) is 6.02. The summed E-state index contributed by atoms with van der Waals surface area (Å²) >= 11 is 6.14. The Kier molecular flexibility index (Phi) is 7.22. The van der Waals surface area contributed by atoms with Crippen molar-refractivity contribution in [3.05, 3.63) is 64.9 Å². The summed E-state index contributed by atoms with van der Waals surface area (Å²) < 4.78 is 0. The third kappa shape index (κ3) is 5.62. The average molecular weight is 347 g/mol. The Bertz CT molecular complexity index is 649. The Balaban J connectivity index is 1.83. The predicted molar refractivity (Wildman–Crippen MR) is 95.8 cm³/mol. The van der Waals surface area contributed by atoms with Crippen LogP contribution >= 0.6 is 11.6 Å². The number of hydrogen-bond donors (Lipinski definition) is 2. The lowest BCUT2D eigenvalue weighted by Crippen LogP contribution is -2.36. The molecule has 0 saturated heterocycles. The van der Waals surface area contributed by atoms with Gasteiger partial charge in [-0.25, -0.2) is 0 Å². The maximum atomic E-state index is 12.3. The van der Waals surface area contributed by atoms with Crippen LogP contribution in [0.25, 0.3) is 0 Å². The monoisotopic (exact) mass is 346 g/mol. The molecular formula is C19H23ClN2O2. The molecule has 0 fully saturated rings. The molecule has 1 aromatic carbocycles. The van der Waals surface area contributed by atoms with Gasteiger partial charge in [0.1, 0.15) is 0 Å². The molecule has 1 amide bonds. The van der Waals surface area contributed by atoms with Crippen molar-refractivity contribution in [3.63, 3.8) is 0 Å². The van der Waals surface area contributed by atoms with E-state index in [0.29, 0.717) is 24.4 Å². The van der Waals surface area contributed by atoms with E-state index in [9.17, 15) is 9.90 Å². The number of nitrogens with one attached hydrogen (secondary N) is 1. The van der Waals surface area contributed by atoms with Gasteiger partial charge >= 0.3 is 0 Å². The summed E-state index contributed by atoms with van der Waals surface area (Å²) in [6.45, 7) is 2.32. The standard InChI is InChI=1S/C19H23ClN2O2/c1-14(10-16-6-2-3-8-18(16)20)19(24)22-12-15(13-23)11-17-7-4-5-9-21-17/h2-9,14-15,23H,10-13H2,1H3,(H,22,24). The molecule has 24 heavy (non-hydrogen) atoms. The summed E-state index contributed by atoms with van der Waals surface area (Å²) in [6.07, 6.45) is 2.96. The van der Waals surface area contributed by atoms with Gasteiger partial charge in [0.2, 0.25) is 5.91 Å². The number of aliphatic hydroxyl groups is 1. The van der Waals surface area contributed by atoms with Crippen molar-refractivity contribution in [1.29, 1.82) is 0 Å². The summed E-state index contributed by atoms with van der Waals surface area (Å²) in [6, 6.07) is 13.3. The molecule has 1 heterocycles. The number of amides is 1. The van der Waals surface area contributed by atoms with Crippen LogP contribution < -0.4 is 5.32 Å². The van der Waals surface area contributed by atoms with Crippen LogP contribution in [-0.4, -0.2) is 29.1 Å². The van der Waals surface area contributed by atoms with Crippen molar-refractivity contribution in [2.45, 2.75) is 19.8 Å². The average Bonchev–Trinajstić information content (AvgIpc) is 2.61. The Morgan fingerprint density at radius 3 is 2.62 bits per heavy atom. The quantitative estimate of drug-likeness (QED) is 0.772. The molecule has 0 aliphatic rings. The van der Waals surface area contributed by atoms with Crippen molar-refractivity contribution in [2.24, 2.45) is 11.8 Å². The number of halogens is 1. The number of benzene rings is 1. The number of carbonyl (C=O) groups excluding carboxylic acids is 1. The first kappa shape index (κ1) is 18.4. The molecule has 0 saturated carbocycles. The number of pyridine rings is 1. The number of nitrogens with zero attached hydrogens (tertiary/aromatic N) is 1. The fraction of sp³-hybridized carbons (Fsp3) is 0.368. The highest BCUT2D eigenvalue weighted by molar-refractivity contribution is 6.31. The molecule has 2 aromatic rings. The number of carbonyl (C=O) groups is 1. The van der Waals surface area contributed by atoms with Gasteiger partial charge in [0, 0.05) is 41.9 Å². The summed E-state index contributed by atoms with van der Waals surface area (Å²) in [7, 11) is 0. The van der Waals surface area contributed by atoms with Crippen molar-refractivity contribution in [2.75, 3.05) is 13.2 Å². The minimum Gasteiger partial charge on any atom is -0.396 e. The zero-order valence-electron chi connectivity index (χ0n) is 13.8. The molecule has 5 heteroatoms. The molecule has 1 aromatic heterocycles. The molecule has 4 nitrogen and oxygen atoms in total. The first-order valence-corrected chi connectivity index (χ1v) is 8.49. The molecule has 0 aliphatic heterocycles. The Labute approximate surface area is 147 Å². The van der Waals surface area contributed by atoms with Gasteiger partial charge in [-0.1, -0.05) is 42.8 Å². The molecule has 128 valence electrons. The second-order valence-corrected chi connectivity index (χ2v) is 6.42. The van der Waals surface area contributed by atoms with E-state index in [0.717, 1.165) is 11.3 Å². The number of rotatable bonds is 8. The van der Waals surface area contributed by atoms with Crippen LogP contribution in [0.1, 0.15) is 18.2 Å². The van der Waals surface area contributed by atoms with Crippen LogP contribution in [0.4, 0.5) is 0 Å². The lowest BCUT2D eigenvalue weighted by Gasteiger charge is -2.17. The van der Waals surface area contributed by atoms with Crippen LogP contribution in [-0.2, 0) is 17.6 Å². The Morgan fingerprint density at radius 2 is 1.96 bits per heavy atom. The number of hydrogen-bond acceptors (Lipinski definition) is 3. The van der Waals surface area contributed by atoms with E-state index >= 15 is 0 Å². The van der Waals surface area contributed by atoms with E-state index in [4.69, 9.17) is 11.6 Å². The smallest absolute Gasteiger partial charge is 0.223 e. The topological polar surface area (TPSA) is 62.2 Å². The van der Waals surface area contributed by atoms with Crippen molar-refractivity contribution in [3.8, 4) is 0 Å². The fourth-order valence-electron chi connectivity index (χ4n) is 2.52. The van der Waals surface area contributed by atoms with Crippen LogP contribution in [0.2, 0.25) is 5.02 Å². The third-order valence-corrected chi connectivity index (χ3v) is 4.35. The maximum absolute atomic E-state index is 12.3. The summed E-state index contributed by atoms with van der Waals surface area (Å²) in [5.41, 5.74) is 1.88. The Hall–Kier alpha value is -1.91. The molecule has 2 N–H and O–H groups in total. The molecule has 0 aliphatic carbocycles. The van der Waals surface area contributed by atoms with Gasteiger partial charge < -0.3 is 10.4 Å². The van der Waals surface area contributed by atoms with Crippen LogP contribution in [0.15, 0.2) is 48.7 Å². The van der Waals surface area contributed by atoms with Gasteiger partial charge in [-0.05, 0) is 36.6 Å². The minimum absolute atomic E-state index is 0.00967. The van der Waals surface area contributed by atoms with Crippen LogP contribution in [0, 0.1) is 11.8 Å². The summed E-state index contributed by atoms with van der Waals surface area (Å²) in [5, 5.41) is 13.1. The summed E-state index contributed by atoms with van der Waals surface area (Å²) in [5.74, 6) is -0.259. The van der Waals surface area contributed by atoms with Gasteiger partial charge in [-0.15, -0.1) is 0 Å². The molecule has 0 spiro atoms. The van der Waals surface area contributed by atoms with Gasteiger partial charge in [0.05, 0.1) is 0 Å². The molecule has 0 bridgehead atoms. The van der Waals surface area contributed by atoms with E-state index in [1.807, 2.05) is 49.4 Å². The van der Waals surface area contributed by atoms with Gasteiger partial charge in [-0.2, -0.15) is 0 Å². The van der Waals surface area contributed by atoms with Crippen molar-refractivity contribution in [1.82, 2.24) is 10.3 Å². The maximum Gasteiger partial charge on any atom is 0.223 e. The molecule has 2 unspecified atom stereocenters. The summed E-state index contributed by atoms with van der Waals surface area (Å²) in [4.78, 5) is 16.5. The Morgan fingerprint density at radius 1 is 1.21 bits per heavy atom. The van der Waals surface area contributed by atoms with Crippen molar-refractivity contribution < 1.29 is 9.90 Å². The van der Waals surface area contributed by atoms with E-state index in [1.165, 1.54) is 0 Å². The van der Waals surface area contributed by atoms with Crippen molar-refractivity contribution >= 4 is 17.5 Å². The highest BCUT2D eigenvalue weighted by Crippen LogP contribution is 2.18. The molecule has 2 atom stereocenters. The lowest BCUT2D eigenvalue weighted by atomic mass is 9.99. The number of aliphatic hydroxyl groups excluding tert-OH is 1. The second kappa shape index (κ2) is 9.40. The first-order valence-electron chi connectivity index (χ1n) is 8.12. The molecular weight excluding hydrogens is 324 g/mol. The van der Waals surface area contributed by atoms with E-state index in [2.05, 4.69) is 10.3 Å². The SMILES string of the molecule is CC(Cc1ccccc1Cl)C(=O)NCC(CO)Cc1ccccn1. The molecule has 2 rings (SSSR count). The fourth-order valence-corrected chi connectivity index (χ4v) is 2.73. The first-order chi connectivity index (χ1) is 11.6. The predicted octanol–water partition coefficient (Wildman–Crippen LogP) is 2.88. The van der Waals surface area contributed by atoms with Gasteiger partial charge in [-0.3, -0.25) is 9.78 Å². The van der Waals surface area contributed by atoms with E-state index in [1.54, 1.807) is 6.20 Å². The highest BCUT2D eigenvalue weighted by Gasteiger charge is 2.17.